The average Bonchev–Trinajstić information content (AvgIpc) is 0.767. The molecule has 15 rings (SSSR count). The van der Waals surface area contributed by atoms with E-state index in [0.29, 0.717) is 93.3 Å². The molecular formula is C89H102ClN11O8. The molecule has 109 heavy (non-hydrogen) atoms. The lowest BCUT2D eigenvalue weighted by Crippen LogP contribution is -2.46. The molecule has 6 aliphatic rings. The van der Waals surface area contributed by atoms with Crippen LogP contribution in [0.15, 0.2) is 218 Å². The van der Waals surface area contributed by atoms with E-state index in [0.717, 1.165) is 144 Å². The van der Waals surface area contributed by atoms with Crippen molar-refractivity contribution in [1.29, 1.82) is 10.8 Å². The Bertz CT molecular complexity index is 4380. The van der Waals surface area contributed by atoms with E-state index in [1.165, 1.54) is 0 Å². The second kappa shape index (κ2) is 37.6. The van der Waals surface area contributed by atoms with Crippen molar-refractivity contribution in [2.45, 2.75) is 105 Å². The van der Waals surface area contributed by atoms with Crippen molar-refractivity contribution in [3.05, 3.63) is 252 Å². The van der Waals surface area contributed by atoms with E-state index < -0.39 is 0 Å². The SMILES string of the molecule is CCN(CC)C(=O)c1ccc2c(c1)Oc1ccccc1N2C1CCN(C(=N)c2ccccc2)CC1.CCN(CC)C(=O)c1ccc2c(c1)Oc1ccccc1N2C1CCN(C(=O)c2ccccc2)CC1.CCN(CC)C(=O)c1ccc2c(c1)Oc1ccccc1N2C1CCNCC1.CCOC(=N)c1ccccc1.Cl. The van der Waals surface area contributed by atoms with E-state index in [1.807, 2.05) is 262 Å². The number of amidine groups is 1. The fraction of sp³-hybridized carbons (Fsp3) is 0.326. The Kier molecular flexibility index (Phi) is 27.2. The van der Waals surface area contributed by atoms with Crippen LogP contribution in [0, 0.1) is 10.8 Å². The van der Waals surface area contributed by atoms with Crippen LogP contribution in [0.5, 0.6) is 34.5 Å². The van der Waals surface area contributed by atoms with Crippen molar-refractivity contribution in [3.8, 4) is 34.5 Å². The number of rotatable bonds is 16. The summed E-state index contributed by atoms with van der Waals surface area (Å²) in [6, 6.07) is 71.6. The molecule has 3 saturated heterocycles. The number of carbonyl (C=O) groups is 4. The van der Waals surface area contributed by atoms with Gasteiger partial charge in [-0.25, -0.2) is 0 Å². The van der Waals surface area contributed by atoms with E-state index in [4.69, 9.17) is 29.8 Å². The fourth-order valence-corrected chi connectivity index (χ4v) is 15.1. The van der Waals surface area contributed by atoms with Gasteiger partial charge >= 0.3 is 0 Å². The standard InChI is InChI=1S/C29H32N4O2.C29H31N3O3.C22H27N3O2.C9H11NO.ClH/c1-3-31(4-2)29(34)22-14-15-25-27(20-22)35-26-13-9-8-12-24(26)33(25)23-16-18-32(19-17-23)28(30)21-10-6-5-7-11-21;1-3-30(4-2)29(34)22-14-15-25-27(20-22)35-26-13-9-8-12-24(26)32(25)23-16-18-31(19-17-23)28(33)21-10-6-5-7-11-21;1-3-24(4-2)22(26)16-9-10-19-21(15-16)27-20-8-6-5-7-18(20)25(19)17-11-13-23-14-12-17;1-2-11-9(10)8-6-4-3-5-7-8;/h5-15,20,23,30H,3-4,16-19H2,1-2H3;5-15,20,23H,3-4,16-19H2,1-2H3;5-10,15,17,23H,3-4,11-14H2,1-2H3;3-7,10H,2H2,1H3;1H. The summed E-state index contributed by atoms with van der Waals surface area (Å²) < 4.78 is 23.8. The van der Waals surface area contributed by atoms with Gasteiger partial charge in [-0.15, -0.1) is 12.4 Å². The first kappa shape index (κ1) is 78.9. The summed E-state index contributed by atoms with van der Waals surface area (Å²) in [5, 5.41) is 19.5. The first-order chi connectivity index (χ1) is 52.8. The third kappa shape index (κ3) is 18.0. The number of para-hydroxylation sites is 6. The average molecular weight is 1490 g/mol. The van der Waals surface area contributed by atoms with Gasteiger partial charge in [0.1, 0.15) is 5.84 Å². The molecule has 9 aromatic rings. The van der Waals surface area contributed by atoms with Crippen molar-refractivity contribution in [2.75, 3.05) is 99.8 Å². The van der Waals surface area contributed by atoms with Gasteiger partial charge in [-0.2, -0.15) is 0 Å². The van der Waals surface area contributed by atoms with Gasteiger partial charge in [-0.1, -0.05) is 103 Å². The van der Waals surface area contributed by atoms with Gasteiger partial charge in [0, 0.05) is 117 Å². The highest BCUT2D eigenvalue weighted by Crippen LogP contribution is 2.52. The van der Waals surface area contributed by atoms with E-state index in [9.17, 15) is 19.2 Å². The van der Waals surface area contributed by atoms with Crippen LogP contribution in [0.1, 0.15) is 140 Å². The maximum absolute atomic E-state index is 13.0. The first-order valence-corrected chi connectivity index (χ1v) is 38.5. The summed E-state index contributed by atoms with van der Waals surface area (Å²) in [6.07, 6.45) is 5.76. The predicted octanol–water partition coefficient (Wildman–Crippen LogP) is 18.3. The second-order valence-corrected chi connectivity index (χ2v) is 27.2. The minimum absolute atomic E-state index is 0. The van der Waals surface area contributed by atoms with Gasteiger partial charge in [0.15, 0.2) is 34.5 Å². The zero-order chi connectivity index (χ0) is 75.6. The number of nitrogens with zero attached hydrogens (tertiary/aromatic N) is 8. The lowest BCUT2D eigenvalue weighted by molar-refractivity contribution is 0.0712. The molecule has 9 aromatic carbocycles. The third-order valence-electron chi connectivity index (χ3n) is 20.9. The van der Waals surface area contributed by atoms with Crippen molar-refractivity contribution in [2.24, 2.45) is 0 Å². The van der Waals surface area contributed by atoms with E-state index in [-0.39, 0.29) is 54.0 Å². The molecule has 6 aliphatic heterocycles. The quantitative estimate of drug-likeness (QED) is 0.0612. The lowest BCUT2D eigenvalue weighted by atomic mass is 9.98. The van der Waals surface area contributed by atoms with E-state index in [2.05, 4.69) is 49.2 Å². The van der Waals surface area contributed by atoms with Crippen LogP contribution in [-0.4, -0.2) is 163 Å². The maximum Gasteiger partial charge on any atom is 0.253 e. The second-order valence-electron chi connectivity index (χ2n) is 27.2. The molecule has 20 heteroatoms. The molecule has 568 valence electrons. The largest absolute Gasteiger partial charge is 0.478 e. The lowest BCUT2D eigenvalue weighted by Gasteiger charge is -2.43. The highest BCUT2D eigenvalue weighted by Gasteiger charge is 2.37. The highest BCUT2D eigenvalue weighted by molar-refractivity contribution is 5.99. The number of amides is 4. The van der Waals surface area contributed by atoms with Crippen LogP contribution in [0.4, 0.5) is 34.1 Å². The number of hydrogen-bond donors (Lipinski definition) is 3. The predicted molar refractivity (Wildman–Crippen MR) is 438 cm³/mol. The van der Waals surface area contributed by atoms with Gasteiger partial charge in [-0.3, -0.25) is 30.0 Å². The van der Waals surface area contributed by atoms with Crippen LogP contribution in [0.3, 0.4) is 0 Å². The number of hydrogen-bond acceptors (Lipinski definition) is 14. The van der Waals surface area contributed by atoms with Gasteiger partial charge in [-0.05, 0) is 215 Å². The summed E-state index contributed by atoms with van der Waals surface area (Å²) in [7, 11) is 0. The Hall–Kier alpha value is -11.2. The van der Waals surface area contributed by atoms with Crippen molar-refractivity contribution < 1.29 is 38.1 Å². The van der Waals surface area contributed by atoms with Crippen LogP contribution < -0.4 is 34.2 Å². The molecule has 0 unspecified atom stereocenters. The highest BCUT2D eigenvalue weighted by atomic mass is 35.5. The minimum Gasteiger partial charge on any atom is -0.478 e. The van der Waals surface area contributed by atoms with Crippen molar-refractivity contribution >= 4 is 81.9 Å². The number of benzene rings is 9. The number of anilines is 6. The normalized spacial score (nSPS) is 14.7. The molecule has 0 atom stereocenters. The van der Waals surface area contributed by atoms with Crippen LogP contribution in [0.2, 0.25) is 0 Å². The number of likely N-dealkylation sites (tertiary alicyclic amines) is 2. The molecule has 0 aliphatic carbocycles. The first-order valence-electron chi connectivity index (χ1n) is 38.5. The van der Waals surface area contributed by atoms with Crippen LogP contribution in [0.25, 0.3) is 0 Å². The molecule has 0 saturated carbocycles. The van der Waals surface area contributed by atoms with Crippen molar-refractivity contribution in [3.63, 3.8) is 0 Å². The number of carbonyl (C=O) groups excluding carboxylic acids is 4. The molecule has 3 fully saturated rings. The van der Waals surface area contributed by atoms with Gasteiger partial charge in [0.2, 0.25) is 5.90 Å². The zero-order valence-corrected chi connectivity index (χ0v) is 64.5. The van der Waals surface area contributed by atoms with Crippen molar-refractivity contribution in [1.82, 2.24) is 29.8 Å². The fourth-order valence-electron chi connectivity index (χ4n) is 15.1. The molecule has 0 aromatic heterocycles. The molecule has 0 spiro atoms. The Morgan fingerprint density at radius 1 is 0.367 bits per heavy atom. The number of ether oxygens (including phenoxy) is 4. The van der Waals surface area contributed by atoms with Gasteiger partial charge in [0.25, 0.3) is 23.6 Å². The summed E-state index contributed by atoms with van der Waals surface area (Å²) in [5.74, 6) is 5.66. The number of piperidine rings is 3. The van der Waals surface area contributed by atoms with E-state index in [1.54, 1.807) is 0 Å². The molecule has 0 bridgehead atoms. The van der Waals surface area contributed by atoms with E-state index >= 15 is 0 Å². The Labute approximate surface area is 648 Å². The number of nitrogens with one attached hydrogen (secondary N) is 3. The monoisotopic (exact) mass is 1490 g/mol. The summed E-state index contributed by atoms with van der Waals surface area (Å²) in [5.41, 5.74) is 10.7. The molecule has 3 N–H and O–H groups in total. The van der Waals surface area contributed by atoms with Crippen LogP contribution in [-0.2, 0) is 4.74 Å². The Balaban J connectivity index is 0.000000152. The molecule has 19 nitrogen and oxygen atoms in total. The number of fused-ring (bicyclic) bond motifs is 6. The zero-order valence-electron chi connectivity index (χ0n) is 63.7. The Morgan fingerprint density at radius 3 is 1.02 bits per heavy atom. The topological polar surface area (TPSA) is 191 Å². The molecule has 4 amide bonds. The summed E-state index contributed by atoms with van der Waals surface area (Å²) in [4.78, 5) is 68.4. The third-order valence-corrected chi connectivity index (χ3v) is 20.9. The smallest absolute Gasteiger partial charge is 0.253 e. The Morgan fingerprint density at radius 2 is 0.670 bits per heavy atom. The minimum atomic E-state index is 0. The van der Waals surface area contributed by atoms with Gasteiger partial charge < -0.3 is 63.5 Å². The maximum atomic E-state index is 13.0. The molecule has 0 radical (unpaired) electrons. The van der Waals surface area contributed by atoms with Crippen LogP contribution >= 0.6 is 12.4 Å². The number of halogens is 1. The van der Waals surface area contributed by atoms with Gasteiger partial charge in [0.05, 0.1) is 40.7 Å². The molecule has 6 heterocycles. The molecular weight excluding hydrogens is 1390 g/mol. The summed E-state index contributed by atoms with van der Waals surface area (Å²) >= 11 is 0. The summed E-state index contributed by atoms with van der Waals surface area (Å²) in [6.45, 7) is 23.6.